The number of hydrogen-bond acceptors (Lipinski definition) is 4. The molecule has 17 heavy (non-hydrogen) atoms. The van der Waals surface area contributed by atoms with Crippen molar-refractivity contribution < 1.29 is 0 Å². The summed E-state index contributed by atoms with van der Waals surface area (Å²) in [4.78, 5) is 10.9. The first-order chi connectivity index (χ1) is 8.26. The molecule has 1 aliphatic carbocycles. The van der Waals surface area contributed by atoms with E-state index >= 15 is 0 Å². The molecule has 0 radical (unpaired) electrons. The SMILES string of the molecule is CCc1c(N)ncnc1N(CC)CC1CCC1. The zero-order valence-corrected chi connectivity index (χ0v) is 10.8. The van der Waals surface area contributed by atoms with Gasteiger partial charge in [0, 0.05) is 18.7 Å². The number of hydrogen-bond donors (Lipinski definition) is 1. The van der Waals surface area contributed by atoms with Gasteiger partial charge >= 0.3 is 0 Å². The zero-order chi connectivity index (χ0) is 12.3. The van der Waals surface area contributed by atoms with E-state index in [0.717, 1.165) is 36.8 Å². The summed E-state index contributed by atoms with van der Waals surface area (Å²) in [7, 11) is 0. The Labute approximate surface area is 103 Å². The monoisotopic (exact) mass is 234 g/mol. The van der Waals surface area contributed by atoms with Crippen molar-refractivity contribution in [2.75, 3.05) is 23.7 Å². The normalized spacial score (nSPS) is 15.6. The molecule has 0 saturated heterocycles. The second-order valence-electron chi connectivity index (χ2n) is 4.75. The first kappa shape index (κ1) is 12.1. The van der Waals surface area contributed by atoms with Gasteiger partial charge in [-0.3, -0.25) is 0 Å². The van der Waals surface area contributed by atoms with E-state index in [1.807, 2.05) is 0 Å². The lowest BCUT2D eigenvalue weighted by atomic mass is 9.85. The molecule has 1 fully saturated rings. The maximum absolute atomic E-state index is 5.92. The lowest BCUT2D eigenvalue weighted by Gasteiger charge is -2.33. The van der Waals surface area contributed by atoms with Gasteiger partial charge < -0.3 is 10.6 Å². The van der Waals surface area contributed by atoms with Crippen LogP contribution in [0.3, 0.4) is 0 Å². The summed E-state index contributed by atoms with van der Waals surface area (Å²) < 4.78 is 0. The van der Waals surface area contributed by atoms with Gasteiger partial charge in [0.05, 0.1) is 0 Å². The quantitative estimate of drug-likeness (QED) is 0.849. The van der Waals surface area contributed by atoms with E-state index in [0.29, 0.717) is 5.82 Å². The predicted octanol–water partition coefficient (Wildman–Crippen LogP) is 2.25. The van der Waals surface area contributed by atoms with Crippen LogP contribution in [0.5, 0.6) is 0 Å². The number of nitrogens with zero attached hydrogens (tertiary/aromatic N) is 3. The van der Waals surface area contributed by atoms with Crippen LogP contribution in [-0.4, -0.2) is 23.1 Å². The second kappa shape index (κ2) is 5.34. The van der Waals surface area contributed by atoms with Gasteiger partial charge in [-0.15, -0.1) is 0 Å². The summed E-state index contributed by atoms with van der Waals surface area (Å²) in [5.74, 6) is 2.51. The second-order valence-corrected chi connectivity index (χ2v) is 4.75. The first-order valence-electron chi connectivity index (χ1n) is 6.60. The van der Waals surface area contributed by atoms with Crippen LogP contribution in [0.2, 0.25) is 0 Å². The average Bonchev–Trinajstić information content (AvgIpc) is 2.28. The van der Waals surface area contributed by atoms with Gasteiger partial charge in [-0.1, -0.05) is 13.3 Å². The molecule has 1 aromatic rings. The Balaban J connectivity index is 2.19. The van der Waals surface area contributed by atoms with Gasteiger partial charge in [0.25, 0.3) is 0 Å². The van der Waals surface area contributed by atoms with E-state index in [-0.39, 0.29) is 0 Å². The van der Waals surface area contributed by atoms with Crippen LogP contribution in [0, 0.1) is 5.92 Å². The van der Waals surface area contributed by atoms with Gasteiger partial charge in [0.2, 0.25) is 0 Å². The van der Waals surface area contributed by atoms with Crippen molar-refractivity contribution >= 4 is 11.6 Å². The van der Waals surface area contributed by atoms with Gasteiger partial charge in [-0.2, -0.15) is 0 Å². The summed E-state index contributed by atoms with van der Waals surface area (Å²) in [6.45, 7) is 6.38. The van der Waals surface area contributed by atoms with Crippen LogP contribution in [0.4, 0.5) is 11.6 Å². The van der Waals surface area contributed by atoms with Crippen molar-refractivity contribution in [2.45, 2.75) is 39.5 Å². The zero-order valence-electron chi connectivity index (χ0n) is 10.8. The van der Waals surface area contributed by atoms with Gasteiger partial charge in [0.15, 0.2) is 0 Å². The number of aromatic nitrogens is 2. The number of nitrogens with two attached hydrogens (primary N) is 1. The van der Waals surface area contributed by atoms with E-state index < -0.39 is 0 Å². The summed E-state index contributed by atoms with van der Waals surface area (Å²) >= 11 is 0. The molecule has 1 aromatic heterocycles. The highest BCUT2D eigenvalue weighted by Gasteiger charge is 2.22. The van der Waals surface area contributed by atoms with Crippen molar-refractivity contribution in [1.82, 2.24) is 9.97 Å². The lowest BCUT2D eigenvalue weighted by Crippen LogP contribution is -2.33. The van der Waals surface area contributed by atoms with Crippen molar-refractivity contribution in [3.05, 3.63) is 11.9 Å². The molecule has 4 heteroatoms. The van der Waals surface area contributed by atoms with Crippen LogP contribution < -0.4 is 10.6 Å². The molecule has 0 unspecified atom stereocenters. The molecule has 0 atom stereocenters. The highest BCUT2D eigenvalue weighted by atomic mass is 15.2. The third kappa shape index (κ3) is 2.51. The number of nitrogen functional groups attached to an aromatic ring is 1. The molecule has 1 saturated carbocycles. The highest BCUT2D eigenvalue weighted by Crippen LogP contribution is 2.30. The Morgan fingerprint density at radius 2 is 2.12 bits per heavy atom. The molecule has 4 nitrogen and oxygen atoms in total. The van der Waals surface area contributed by atoms with Gasteiger partial charge in [0.1, 0.15) is 18.0 Å². The molecule has 1 heterocycles. The lowest BCUT2D eigenvalue weighted by molar-refractivity contribution is 0.318. The minimum absolute atomic E-state index is 0.629. The fourth-order valence-corrected chi connectivity index (χ4v) is 2.38. The van der Waals surface area contributed by atoms with Crippen LogP contribution >= 0.6 is 0 Å². The van der Waals surface area contributed by atoms with E-state index in [9.17, 15) is 0 Å². The van der Waals surface area contributed by atoms with E-state index in [1.165, 1.54) is 19.3 Å². The van der Waals surface area contributed by atoms with E-state index in [2.05, 4.69) is 28.7 Å². The smallest absolute Gasteiger partial charge is 0.137 e. The van der Waals surface area contributed by atoms with E-state index in [4.69, 9.17) is 5.73 Å². The topological polar surface area (TPSA) is 55.0 Å². The molecule has 1 aliphatic rings. The summed E-state index contributed by atoms with van der Waals surface area (Å²) in [6.07, 6.45) is 6.57. The molecule has 94 valence electrons. The molecule has 2 rings (SSSR count). The molecule has 0 amide bonds. The molecular formula is C13H22N4. The maximum Gasteiger partial charge on any atom is 0.137 e. The van der Waals surface area contributed by atoms with Crippen molar-refractivity contribution in [1.29, 1.82) is 0 Å². The third-order valence-electron chi connectivity index (χ3n) is 3.69. The summed E-state index contributed by atoms with van der Waals surface area (Å²) in [5, 5.41) is 0. The molecule has 0 spiro atoms. The Morgan fingerprint density at radius 1 is 1.35 bits per heavy atom. The molecule has 0 aliphatic heterocycles. The number of anilines is 2. The molecule has 0 aromatic carbocycles. The van der Waals surface area contributed by atoms with Gasteiger partial charge in [-0.05, 0) is 32.1 Å². The Kier molecular flexibility index (Phi) is 3.82. The minimum Gasteiger partial charge on any atom is -0.383 e. The fraction of sp³-hybridized carbons (Fsp3) is 0.692. The third-order valence-corrected chi connectivity index (χ3v) is 3.69. The molecular weight excluding hydrogens is 212 g/mol. The minimum atomic E-state index is 0.629. The van der Waals surface area contributed by atoms with Crippen LogP contribution in [0.1, 0.15) is 38.7 Å². The standard InChI is InChI=1S/C13H22N4/c1-3-11-12(14)15-9-16-13(11)17(4-2)8-10-6-5-7-10/h9-10H,3-8H2,1-2H3,(H2,14,15,16). The Morgan fingerprint density at radius 3 is 2.65 bits per heavy atom. The summed E-state index contributed by atoms with van der Waals surface area (Å²) in [6, 6.07) is 0. The Hall–Kier alpha value is -1.32. The van der Waals surface area contributed by atoms with Gasteiger partial charge in [-0.25, -0.2) is 9.97 Å². The largest absolute Gasteiger partial charge is 0.383 e. The maximum atomic E-state index is 5.92. The number of rotatable bonds is 5. The van der Waals surface area contributed by atoms with Crippen molar-refractivity contribution in [2.24, 2.45) is 5.92 Å². The highest BCUT2D eigenvalue weighted by molar-refractivity contribution is 5.56. The van der Waals surface area contributed by atoms with Crippen LogP contribution in [0.15, 0.2) is 6.33 Å². The first-order valence-corrected chi connectivity index (χ1v) is 6.60. The average molecular weight is 234 g/mol. The predicted molar refractivity (Wildman–Crippen MR) is 71.1 cm³/mol. The Bertz CT molecular complexity index is 374. The van der Waals surface area contributed by atoms with Crippen LogP contribution in [0.25, 0.3) is 0 Å². The van der Waals surface area contributed by atoms with Crippen LogP contribution in [-0.2, 0) is 6.42 Å². The van der Waals surface area contributed by atoms with E-state index in [1.54, 1.807) is 6.33 Å². The molecule has 0 bridgehead atoms. The van der Waals surface area contributed by atoms with Crippen molar-refractivity contribution in [3.63, 3.8) is 0 Å². The van der Waals surface area contributed by atoms with Crippen molar-refractivity contribution in [3.8, 4) is 0 Å². The summed E-state index contributed by atoms with van der Waals surface area (Å²) in [5.41, 5.74) is 7.02. The molecule has 2 N–H and O–H groups in total. The fourth-order valence-electron chi connectivity index (χ4n) is 2.38.